The minimum Gasteiger partial charge on any atom is -0.397 e. The summed E-state index contributed by atoms with van der Waals surface area (Å²) in [6, 6.07) is 9.16. The average molecular weight is 284 g/mol. The molecule has 2 rings (SSSR count). The molecule has 1 aromatic carbocycles. The highest BCUT2D eigenvalue weighted by atomic mass is 16.2. The van der Waals surface area contributed by atoms with Gasteiger partial charge in [-0.1, -0.05) is 19.1 Å². The average Bonchev–Trinajstić information content (AvgIpc) is 2.49. The van der Waals surface area contributed by atoms with Crippen molar-refractivity contribution in [2.45, 2.75) is 27.2 Å². The number of carbonyl (C=O) groups is 1. The van der Waals surface area contributed by atoms with E-state index >= 15 is 0 Å². The van der Waals surface area contributed by atoms with Crippen LogP contribution >= 0.6 is 0 Å². The second kappa shape index (κ2) is 6.35. The Labute approximate surface area is 124 Å². The van der Waals surface area contributed by atoms with Gasteiger partial charge in [0.05, 0.1) is 28.3 Å². The Morgan fingerprint density at radius 3 is 2.57 bits per heavy atom. The van der Waals surface area contributed by atoms with E-state index in [0.29, 0.717) is 29.9 Å². The lowest BCUT2D eigenvalue weighted by Crippen LogP contribution is -2.32. The Kier molecular flexibility index (Phi) is 4.52. The molecule has 0 aliphatic heterocycles. The standard InChI is InChI=1S/C16H20N4O/c1-4-14-12(10-11(3)18-19-14)16(21)20(5-2)15-9-7-6-8-13(15)17/h6-10H,4-5,17H2,1-3H3. The van der Waals surface area contributed by atoms with Gasteiger partial charge in [-0.15, -0.1) is 0 Å². The maximum atomic E-state index is 12.9. The summed E-state index contributed by atoms with van der Waals surface area (Å²) in [6.07, 6.45) is 0.663. The number of nitrogen functional groups attached to an aromatic ring is 1. The van der Waals surface area contributed by atoms with E-state index in [4.69, 9.17) is 5.73 Å². The highest BCUT2D eigenvalue weighted by Crippen LogP contribution is 2.24. The monoisotopic (exact) mass is 284 g/mol. The lowest BCUT2D eigenvalue weighted by molar-refractivity contribution is 0.0986. The Balaban J connectivity index is 2.46. The van der Waals surface area contributed by atoms with Crippen molar-refractivity contribution in [2.75, 3.05) is 17.2 Å². The predicted molar refractivity (Wildman–Crippen MR) is 84.4 cm³/mol. The van der Waals surface area contributed by atoms with Gasteiger partial charge in [0.15, 0.2) is 0 Å². The summed E-state index contributed by atoms with van der Waals surface area (Å²) < 4.78 is 0. The molecule has 5 heteroatoms. The quantitative estimate of drug-likeness (QED) is 0.876. The first kappa shape index (κ1) is 15.0. The fraction of sp³-hybridized carbons (Fsp3) is 0.312. The zero-order valence-corrected chi connectivity index (χ0v) is 12.6. The van der Waals surface area contributed by atoms with Gasteiger partial charge in [0.1, 0.15) is 0 Å². The van der Waals surface area contributed by atoms with Crippen LogP contribution in [-0.2, 0) is 6.42 Å². The van der Waals surface area contributed by atoms with Gasteiger partial charge in [-0.2, -0.15) is 10.2 Å². The normalized spacial score (nSPS) is 10.4. The Bertz CT molecular complexity index is 654. The first-order valence-electron chi connectivity index (χ1n) is 7.08. The van der Waals surface area contributed by atoms with Gasteiger partial charge in [0, 0.05) is 6.54 Å². The number of hydrogen-bond acceptors (Lipinski definition) is 4. The van der Waals surface area contributed by atoms with Crippen LogP contribution in [0.25, 0.3) is 0 Å². The number of anilines is 2. The number of rotatable bonds is 4. The van der Waals surface area contributed by atoms with Crippen molar-refractivity contribution in [3.05, 3.63) is 47.3 Å². The topological polar surface area (TPSA) is 72.1 Å². The van der Waals surface area contributed by atoms with Gasteiger partial charge in [0.25, 0.3) is 5.91 Å². The summed E-state index contributed by atoms with van der Waals surface area (Å²) in [6.45, 7) is 6.26. The van der Waals surface area contributed by atoms with Crippen molar-refractivity contribution in [3.8, 4) is 0 Å². The number of benzene rings is 1. The summed E-state index contributed by atoms with van der Waals surface area (Å²) in [4.78, 5) is 14.5. The van der Waals surface area contributed by atoms with Crippen molar-refractivity contribution in [1.82, 2.24) is 10.2 Å². The molecule has 1 amide bonds. The number of nitrogens with two attached hydrogens (primary N) is 1. The van der Waals surface area contributed by atoms with Crippen LogP contribution in [0.3, 0.4) is 0 Å². The van der Waals surface area contributed by atoms with Crippen LogP contribution in [0.4, 0.5) is 11.4 Å². The highest BCUT2D eigenvalue weighted by Gasteiger charge is 2.21. The molecule has 0 fully saturated rings. The number of carbonyl (C=O) groups excluding carboxylic acids is 1. The third kappa shape index (κ3) is 3.02. The van der Waals surface area contributed by atoms with Gasteiger partial charge < -0.3 is 10.6 Å². The number of nitrogens with zero attached hydrogens (tertiary/aromatic N) is 3. The zero-order valence-electron chi connectivity index (χ0n) is 12.6. The van der Waals surface area contributed by atoms with E-state index in [1.165, 1.54) is 0 Å². The molecule has 2 aromatic rings. The van der Waals surface area contributed by atoms with E-state index in [1.807, 2.05) is 39.0 Å². The third-order valence-electron chi connectivity index (χ3n) is 3.35. The lowest BCUT2D eigenvalue weighted by Gasteiger charge is -2.23. The van der Waals surface area contributed by atoms with Crippen molar-refractivity contribution in [2.24, 2.45) is 0 Å². The van der Waals surface area contributed by atoms with Crippen molar-refractivity contribution < 1.29 is 4.79 Å². The Morgan fingerprint density at radius 2 is 1.95 bits per heavy atom. The molecule has 5 nitrogen and oxygen atoms in total. The van der Waals surface area contributed by atoms with Crippen LogP contribution < -0.4 is 10.6 Å². The molecule has 0 radical (unpaired) electrons. The summed E-state index contributed by atoms with van der Waals surface area (Å²) in [5.41, 5.74) is 9.33. The molecular weight excluding hydrogens is 264 g/mol. The lowest BCUT2D eigenvalue weighted by atomic mass is 10.1. The first-order chi connectivity index (χ1) is 10.1. The van der Waals surface area contributed by atoms with E-state index in [0.717, 1.165) is 11.4 Å². The molecular formula is C16H20N4O. The largest absolute Gasteiger partial charge is 0.397 e. The molecule has 0 saturated carbocycles. The van der Waals surface area contributed by atoms with E-state index in [2.05, 4.69) is 10.2 Å². The van der Waals surface area contributed by atoms with E-state index in [-0.39, 0.29) is 5.91 Å². The molecule has 110 valence electrons. The molecule has 0 aliphatic carbocycles. The third-order valence-corrected chi connectivity index (χ3v) is 3.35. The molecule has 0 spiro atoms. The molecule has 0 bridgehead atoms. The van der Waals surface area contributed by atoms with Crippen molar-refractivity contribution >= 4 is 17.3 Å². The van der Waals surface area contributed by atoms with E-state index in [1.54, 1.807) is 17.0 Å². The van der Waals surface area contributed by atoms with E-state index in [9.17, 15) is 4.79 Å². The molecule has 0 unspecified atom stereocenters. The van der Waals surface area contributed by atoms with Crippen LogP contribution in [0, 0.1) is 6.92 Å². The van der Waals surface area contributed by atoms with E-state index < -0.39 is 0 Å². The van der Waals surface area contributed by atoms with Gasteiger partial charge >= 0.3 is 0 Å². The Hall–Kier alpha value is -2.43. The number of para-hydroxylation sites is 2. The number of aromatic nitrogens is 2. The van der Waals surface area contributed by atoms with Crippen LogP contribution in [-0.4, -0.2) is 22.6 Å². The van der Waals surface area contributed by atoms with Crippen LogP contribution in [0.2, 0.25) is 0 Å². The minimum absolute atomic E-state index is 0.0924. The van der Waals surface area contributed by atoms with Crippen molar-refractivity contribution in [3.63, 3.8) is 0 Å². The fourth-order valence-corrected chi connectivity index (χ4v) is 2.26. The number of amides is 1. The smallest absolute Gasteiger partial charge is 0.260 e. The fourth-order valence-electron chi connectivity index (χ4n) is 2.26. The molecule has 1 heterocycles. The first-order valence-corrected chi connectivity index (χ1v) is 7.08. The summed E-state index contributed by atoms with van der Waals surface area (Å²) >= 11 is 0. The van der Waals surface area contributed by atoms with Gasteiger partial charge in [-0.3, -0.25) is 4.79 Å². The van der Waals surface area contributed by atoms with Crippen LogP contribution in [0.5, 0.6) is 0 Å². The second-order valence-corrected chi connectivity index (χ2v) is 4.81. The summed E-state index contributed by atoms with van der Waals surface area (Å²) in [5, 5.41) is 8.14. The van der Waals surface area contributed by atoms with Gasteiger partial charge in [0.2, 0.25) is 0 Å². The molecule has 1 aromatic heterocycles. The highest BCUT2D eigenvalue weighted by molar-refractivity contribution is 6.08. The molecule has 2 N–H and O–H groups in total. The van der Waals surface area contributed by atoms with Crippen LogP contribution in [0.1, 0.15) is 35.6 Å². The summed E-state index contributed by atoms with van der Waals surface area (Å²) in [7, 11) is 0. The molecule has 0 aliphatic rings. The Morgan fingerprint density at radius 1 is 1.24 bits per heavy atom. The molecule has 21 heavy (non-hydrogen) atoms. The van der Waals surface area contributed by atoms with Gasteiger partial charge in [-0.25, -0.2) is 0 Å². The maximum absolute atomic E-state index is 12.9. The second-order valence-electron chi connectivity index (χ2n) is 4.81. The maximum Gasteiger partial charge on any atom is 0.260 e. The summed E-state index contributed by atoms with van der Waals surface area (Å²) in [5.74, 6) is -0.0924. The SMILES string of the molecule is CCc1nnc(C)cc1C(=O)N(CC)c1ccccc1N. The van der Waals surface area contributed by atoms with Crippen molar-refractivity contribution in [1.29, 1.82) is 0 Å². The van der Waals surface area contributed by atoms with Gasteiger partial charge in [-0.05, 0) is 38.5 Å². The molecule has 0 saturated heterocycles. The number of hydrogen-bond donors (Lipinski definition) is 1. The number of aryl methyl sites for hydroxylation is 2. The van der Waals surface area contributed by atoms with Crippen LogP contribution in [0.15, 0.2) is 30.3 Å². The predicted octanol–water partition coefficient (Wildman–Crippen LogP) is 2.60. The minimum atomic E-state index is -0.0924. The zero-order chi connectivity index (χ0) is 15.4. The molecule has 0 atom stereocenters.